The summed E-state index contributed by atoms with van der Waals surface area (Å²) < 4.78 is 31.3. The Hall–Kier alpha value is -0.480. The van der Waals surface area contributed by atoms with Crippen LogP contribution >= 0.6 is 15.9 Å². The van der Waals surface area contributed by atoms with Crippen LogP contribution in [0.3, 0.4) is 0 Å². The molecule has 4 heteroatoms. The first kappa shape index (κ1) is 9.09. The smallest absolute Gasteiger partial charge is 0.159 e. The molecule has 13 heavy (non-hydrogen) atoms. The van der Waals surface area contributed by atoms with Crippen LogP contribution in [0.5, 0.6) is 0 Å². The Labute approximate surface area is 82.8 Å². The maximum absolute atomic E-state index is 12.9. The van der Waals surface area contributed by atoms with E-state index >= 15 is 0 Å². The molecule has 70 valence electrons. The maximum Gasteiger partial charge on any atom is 0.159 e. The number of hydrogen-bond donors (Lipinski definition) is 0. The van der Waals surface area contributed by atoms with E-state index in [2.05, 4.69) is 15.9 Å². The molecule has 1 aromatic carbocycles. The average Bonchev–Trinajstić information content (AvgIpc) is 2.77. The number of halogens is 3. The lowest BCUT2D eigenvalue weighted by molar-refractivity contribution is 0.327. The van der Waals surface area contributed by atoms with Crippen molar-refractivity contribution in [2.75, 3.05) is 6.61 Å². The molecular formula is C9H7BrF2O. The fraction of sp³-hybridized carbons (Fsp3) is 0.333. The molecule has 1 aliphatic rings. The largest absolute Gasteiger partial charge is 0.365 e. The molecule has 0 aliphatic carbocycles. The molecule has 1 heterocycles. The molecule has 0 bridgehead atoms. The minimum absolute atomic E-state index is 0.437. The van der Waals surface area contributed by atoms with Crippen LogP contribution < -0.4 is 0 Å². The van der Waals surface area contributed by atoms with Gasteiger partial charge in [0.1, 0.15) is 5.60 Å². The van der Waals surface area contributed by atoms with Gasteiger partial charge in [0.05, 0.1) is 6.61 Å². The van der Waals surface area contributed by atoms with Crippen LogP contribution in [0.15, 0.2) is 16.6 Å². The van der Waals surface area contributed by atoms with Gasteiger partial charge in [0.15, 0.2) is 11.6 Å². The average molecular weight is 249 g/mol. The molecule has 0 radical (unpaired) electrons. The second kappa shape index (κ2) is 2.75. The van der Waals surface area contributed by atoms with Crippen molar-refractivity contribution in [2.45, 2.75) is 12.5 Å². The Morgan fingerprint density at radius 3 is 2.46 bits per heavy atom. The fourth-order valence-corrected chi connectivity index (χ4v) is 1.93. The topological polar surface area (TPSA) is 12.5 Å². The Balaban J connectivity index is 2.52. The molecular weight excluding hydrogens is 242 g/mol. The van der Waals surface area contributed by atoms with Crippen molar-refractivity contribution < 1.29 is 13.5 Å². The molecule has 0 saturated carbocycles. The molecule has 1 atom stereocenters. The predicted molar refractivity (Wildman–Crippen MR) is 47.4 cm³/mol. The number of ether oxygens (including phenoxy) is 1. The van der Waals surface area contributed by atoms with Crippen molar-refractivity contribution in [3.05, 3.63) is 33.8 Å². The summed E-state index contributed by atoms with van der Waals surface area (Å²) in [4.78, 5) is 0. The molecule has 1 nitrogen and oxygen atoms in total. The number of hydrogen-bond acceptors (Lipinski definition) is 1. The molecule has 1 aromatic rings. The first-order chi connectivity index (χ1) is 6.03. The van der Waals surface area contributed by atoms with Gasteiger partial charge in [0.25, 0.3) is 0 Å². The summed E-state index contributed by atoms with van der Waals surface area (Å²) in [6.07, 6.45) is 0. The Morgan fingerprint density at radius 2 is 1.92 bits per heavy atom. The van der Waals surface area contributed by atoms with Crippen LogP contribution in [0.4, 0.5) is 8.78 Å². The second-order valence-electron chi connectivity index (χ2n) is 3.27. The van der Waals surface area contributed by atoms with Crippen LogP contribution in [0.25, 0.3) is 0 Å². The summed E-state index contributed by atoms with van der Waals surface area (Å²) in [5, 5.41) is 0. The van der Waals surface area contributed by atoms with Gasteiger partial charge in [-0.1, -0.05) is 15.9 Å². The summed E-state index contributed by atoms with van der Waals surface area (Å²) in [6, 6.07) is 2.30. The van der Waals surface area contributed by atoms with Gasteiger partial charge in [-0.2, -0.15) is 0 Å². The predicted octanol–water partition coefficient (Wildman–Crippen LogP) is 2.97. The molecule has 0 aromatic heterocycles. The van der Waals surface area contributed by atoms with Gasteiger partial charge in [0.2, 0.25) is 0 Å². The number of benzene rings is 1. The van der Waals surface area contributed by atoms with Crippen LogP contribution in [0, 0.1) is 11.6 Å². The van der Waals surface area contributed by atoms with Gasteiger partial charge < -0.3 is 4.74 Å². The van der Waals surface area contributed by atoms with E-state index in [0.717, 1.165) is 6.07 Å². The third kappa shape index (κ3) is 1.48. The van der Waals surface area contributed by atoms with E-state index < -0.39 is 17.2 Å². The zero-order valence-electron chi connectivity index (χ0n) is 6.90. The molecule has 1 unspecified atom stereocenters. The molecule has 0 N–H and O–H groups in total. The van der Waals surface area contributed by atoms with Crippen molar-refractivity contribution in [3.8, 4) is 0 Å². The highest BCUT2D eigenvalue weighted by Crippen LogP contribution is 2.42. The van der Waals surface area contributed by atoms with Crippen LogP contribution in [0.2, 0.25) is 0 Å². The minimum Gasteiger partial charge on any atom is -0.365 e. The van der Waals surface area contributed by atoms with Crippen LogP contribution in [-0.4, -0.2) is 6.61 Å². The Morgan fingerprint density at radius 1 is 1.38 bits per heavy atom. The third-order valence-electron chi connectivity index (χ3n) is 2.16. The summed E-state index contributed by atoms with van der Waals surface area (Å²) >= 11 is 3.17. The molecule has 0 spiro atoms. The summed E-state index contributed by atoms with van der Waals surface area (Å²) in [6.45, 7) is 2.39. The summed E-state index contributed by atoms with van der Waals surface area (Å²) in [5.74, 6) is -1.69. The van der Waals surface area contributed by atoms with Gasteiger partial charge in [-0.15, -0.1) is 0 Å². The quantitative estimate of drug-likeness (QED) is 0.550. The summed E-state index contributed by atoms with van der Waals surface area (Å²) in [7, 11) is 0. The molecule has 0 amide bonds. The van der Waals surface area contributed by atoms with Crippen molar-refractivity contribution in [1.29, 1.82) is 0 Å². The normalized spacial score (nSPS) is 26.2. The lowest BCUT2D eigenvalue weighted by atomic mass is 10.0. The van der Waals surface area contributed by atoms with E-state index in [-0.39, 0.29) is 0 Å². The van der Waals surface area contributed by atoms with Gasteiger partial charge >= 0.3 is 0 Å². The van der Waals surface area contributed by atoms with E-state index in [1.807, 2.05) is 6.92 Å². The van der Waals surface area contributed by atoms with Gasteiger partial charge in [-0.25, -0.2) is 8.78 Å². The Bertz CT molecular complexity index is 361. The van der Waals surface area contributed by atoms with Gasteiger partial charge in [0, 0.05) is 10.0 Å². The molecule has 1 fully saturated rings. The monoisotopic (exact) mass is 248 g/mol. The van der Waals surface area contributed by atoms with E-state index in [9.17, 15) is 8.78 Å². The number of epoxide rings is 1. The zero-order valence-corrected chi connectivity index (χ0v) is 8.49. The van der Waals surface area contributed by atoms with Crippen molar-refractivity contribution in [2.24, 2.45) is 0 Å². The van der Waals surface area contributed by atoms with E-state index in [4.69, 9.17) is 4.74 Å². The first-order valence-electron chi connectivity index (χ1n) is 3.82. The SMILES string of the molecule is CC1(c2cc(F)c(F)cc2Br)CO1. The van der Waals surface area contributed by atoms with Crippen molar-refractivity contribution in [3.63, 3.8) is 0 Å². The fourth-order valence-electron chi connectivity index (χ4n) is 1.19. The third-order valence-corrected chi connectivity index (χ3v) is 2.81. The lowest BCUT2D eigenvalue weighted by Crippen LogP contribution is -2.04. The maximum atomic E-state index is 12.9. The Kier molecular flexibility index (Phi) is 1.92. The number of rotatable bonds is 1. The van der Waals surface area contributed by atoms with E-state index in [0.29, 0.717) is 16.6 Å². The van der Waals surface area contributed by atoms with Crippen molar-refractivity contribution >= 4 is 15.9 Å². The van der Waals surface area contributed by atoms with E-state index in [1.165, 1.54) is 6.07 Å². The molecule has 1 saturated heterocycles. The minimum atomic E-state index is -0.847. The van der Waals surface area contributed by atoms with Gasteiger partial charge in [-0.3, -0.25) is 0 Å². The standard InChI is InChI=1S/C9H7BrF2O/c1-9(4-13-9)5-2-7(11)8(12)3-6(5)10/h2-3H,4H2,1H3. The van der Waals surface area contributed by atoms with Crippen LogP contribution in [0.1, 0.15) is 12.5 Å². The van der Waals surface area contributed by atoms with Crippen LogP contribution in [-0.2, 0) is 10.3 Å². The highest BCUT2D eigenvalue weighted by molar-refractivity contribution is 9.10. The zero-order chi connectivity index (χ0) is 9.64. The molecule has 2 rings (SSSR count). The summed E-state index contributed by atoms with van der Waals surface area (Å²) in [5.41, 5.74) is 0.222. The second-order valence-corrected chi connectivity index (χ2v) is 4.12. The highest BCUT2D eigenvalue weighted by Gasteiger charge is 2.43. The highest BCUT2D eigenvalue weighted by atomic mass is 79.9. The van der Waals surface area contributed by atoms with E-state index in [1.54, 1.807) is 0 Å². The lowest BCUT2D eigenvalue weighted by Gasteiger charge is -2.08. The molecule has 1 aliphatic heterocycles. The van der Waals surface area contributed by atoms with Crippen molar-refractivity contribution in [1.82, 2.24) is 0 Å². The van der Waals surface area contributed by atoms with Gasteiger partial charge in [-0.05, 0) is 19.1 Å². The first-order valence-corrected chi connectivity index (χ1v) is 4.61.